The van der Waals surface area contributed by atoms with Crippen molar-refractivity contribution < 1.29 is 4.79 Å². The van der Waals surface area contributed by atoms with Gasteiger partial charge in [-0.15, -0.1) is 0 Å². The molecule has 0 N–H and O–H groups in total. The highest BCUT2D eigenvalue weighted by atomic mass is 16.2. The number of carbonyl (C=O) groups excluding carboxylic acids is 1. The van der Waals surface area contributed by atoms with Crippen LogP contribution in [-0.4, -0.2) is 70.6 Å². The Labute approximate surface area is 208 Å². The number of rotatable bonds is 5. The van der Waals surface area contributed by atoms with E-state index in [1.165, 1.54) is 47.5 Å². The average Bonchev–Trinajstić information content (AvgIpc) is 3.42. The Morgan fingerprint density at radius 3 is 2.49 bits per heavy atom. The van der Waals surface area contributed by atoms with E-state index in [-0.39, 0.29) is 0 Å². The predicted molar refractivity (Wildman–Crippen MR) is 141 cm³/mol. The first-order valence-corrected chi connectivity index (χ1v) is 13.3. The second-order valence-electron chi connectivity index (χ2n) is 11.0. The van der Waals surface area contributed by atoms with E-state index in [0.717, 1.165) is 44.5 Å². The highest BCUT2D eigenvalue weighted by Crippen LogP contribution is 2.35. The zero-order chi connectivity index (χ0) is 24.1. The Balaban J connectivity index is 1.22. The molecule has 6 nitrogen and oxygen atoms in total. The van der Waals surface area contributed by atoms with Gasteiger partial charge in [-0.2, -0.15) is 5.10 Å². The molecule has 3 fully saturated rings. The zero-order valence-electron chi connectivity index (χ0n) is 21.3. The molecule has 0 unspecified atom stereocenters. The number of likely N-dealkylation sites (tertiary alicyclic amines) is 1. The number of piperazine rings is 1. The summed E-state index contributed by atoms with van der Waals surface area (Å²) in [4.78, 5) is 19.5. The van der Waals surface area contributed by atoms with Gasteiger partial charge >= 0.3 is 0 Å². The standard InChI is InChI=1S/C29H37N5O/c1-20(2)33-11-9-24(18-33)23-6-7-26(21(3)16-23)25-17-28-27(8-10-30-34(28)19-25)31-12-14-32(15-13-31)29(35)22-4-5-22/h6-8,10,16-17,19-20,22,24H,4-5,9,11-15,18H2,1-3H3/t24-/m1/s1. The minimum absolute atomic E-state index is 0.305. The molecule has 2 aliphatic heterocycles. The molecule has 6 heteroatoms. The molecule has 1 aromatic carbocycles. The lowest BCUT2D eigenvalue weighted by Crippen LogP contribution is -2.49. The number of carbonyl (C=O) groups is 1. The van der Waals surface area contributed by atoms with Gasteiger partial charge in [0, 0.05) is 62.6 Å². The van der Waals surface area contributed by atoms with Crippen LogP contribution in [0.3, 0.4) is 0 Å². The van der Waals surface area contributed by atoms with Crippen molar-refractivity contribution >= 4 is 17.1 Å². The molecular formula is C29H37N5O. The molecule has 2 saturated heterocycles. The summed E-state index contributed by atoms with van der Waals surface area (Å²) in [5, 5.41) is 4.61. The quantitative estimate of drug-likeness (QED) is 0.547. The Kier molecular flexibility index (Phi) is 5.79. The topological polar surface area (TPSA) is 44.1 Å². The first kappa shape index (κ1) is 22.6. The monoisotopic (exact) mass is 471 g/mol. The third-order valence-corrected chi connectivity index (χ3v) is 8.33. The van der Waals surface area contributed by atoms with Gasteiger partial charge in [-0.05, 0) is 81.3 Å². The lowest BCUT2D eigenvalue weighted by atomic mass is 9.93. The lowest BCUT2D eigenvalue weighted by molar-refractivity contribution is -0.132. The van der Waals surface area contributed by atoms with Gasteiger partial charge in [0.1, 0.15) is 0 Å². The SMILES string of the molecule is Cc1cc([C@@H]2CCN(C(C)C)C2)ccc1-c1cc2c(N3CCN(C(=O)C4CC4)CC3)ccnn2c1. The van der Waals surface area contributed by atoms with Crippen LogP contribution >= 0.6 is 0 Å². The number of fused-ring (bicyclic) bond motifs is 1. The number of aromatic nitrogens is 2. The van der Waals surface area contributed by atoms with E-state index < -0.39 is 0 Å². The maximum atomic E-state index is 12.5. The fourth-order valence-electron chi connectivity index (χ4n) is 5.96. The predicted octanol–water partition coefficient (Wildman–Crippen LogP) is 4.57. The maximum absolute atomic E-state index is 12.5. The van der Waals surface area contributed by atoms with Crippen molar-refractivity contribution in [3.63, 3.8) is 0 Å². The van der Waals surface area contributed by atoms with E-state index in [1.54, 1.807) is 0 Å². The van der Waals surface area contributed by atoms with Crippen LogP contribution in [0.25, 0.3) is 16.6 Å². The van der Waals surface area contributed by atoms with Crippen LogP contribution in [0, 0.1) is 12.8 Å². The fraction of sp³-hybridized carbons (Fsp3) is 0.517. The largest absolute Gasteiger partial charge is 0.366 e. The van der Waals surface area contributed by atoms with Crippen molar-refractivity contribution in [2.75, 3.05) is 44.2 Å². The summed E-state index contributed by atoms with van der Waals surface area (Å²) in [7, 11) is 0. The lowest BCUT2D eigenvalue weighted by Gasteiger charge is -2.36. The number of aryl methyl sites for hydroxylation is 1. The second-order valence-corrected chi connectivity index (χ2v) is 11.0. The van der Waals surface area contributed by atoms with Gasteiger partial charge in [0.25, 0.3) is 0 Å². The molecule has 1 atom stereocenters. The highest BCUT2D eigenvalue weighted by Gasteiger charge is 2.34. The summed E-state index contributed by atoms with van der Waals surface area (Å²) in [5.74, 6) is 1.31. The number of benzene rings is 1. The third-order valence-electron chi connectivity index (χ3n) is 8.33. The number of hydrogen-bond donors (Lipinski definition) is 0. The molecule has 3 aromatic rings. The van der Waals surface area contributed by atoms with Crippen molar-refractivity contribution in [2.45, 2.75) is 52.0 Å². The molecule has 0 spiro atoms. The summed E-state index contributed by atoms with van der Waals surface area (Å²) >= 11 is 0. The van der Waals surface area contributed by atoms with E-state index in [2.05, 4.69) is 77.1 Å². The minimum Gasteiger partial charge on any atom is -0.366 e. The Morgan fingerprint density at radius 2 is 1.80 bits per heavy atom. The van der Waals surface area contributed by atoms with Gasteiger partial charge in [0.2, 0.25) is 5.91 Å². The van der Waals surface area contributed by atoms with Gasteiger partial charge in [0.15, 0.2) is 0 Å². The maximum Gasteiger partial charge on any atom is 0.225 e. The van der Waals surface area contributed by atoms with Gasteiger partial charge in [-0.1, -0.05) is 18.2 Å². The third kappa shape index (κ3) is 4.33. The molecule has 1 amide bonds. The van der Waals surface area contributed by atoms with Crippen LogP contribution in [0.4, 0.5) is 5.69 Å². The van der Waals surface area contributed by atoms with E-state index in [4.69, 9.17) is 0 Å². The van der Waals surface area contributed by atoms with Crippen molar-refractivity contribution in [2.24, 2.45) is 5.92 Å². The molecular weight excluding hydrogens is 434 g/mol. The normalized spacial score (nSPS) is 21.4. The summed E-state index contributed by atoms with van der Waals surface area (Å²) in [5.41, 5.74) is 7.64. The fourth-order valence-corrected chi connectivity index (χ4v) is 5.96. The first-order chi connectivity index (χ1) is 17.0. The number of hydrogen-bond acceptors (Lipinski definition) is 4. The first-order valence-electron chi connectivity index (χ1n) is 13.3. The molecule has 6 rings (SSSR count). The molecule has 1 aliphatic carbocycles. The summed E-state index contributed by atoms with van der Waals surface area (Å²) in [6, 6.07) is 12.1. The number of anilines is 1. The molecule has 3 aliphatic rings. The van der Waals surface area contributed by atoms with Crippen molar-refractivity contribution in [3.8, 4) is 11.1 Å². The van der Waals surface area contributed by atoms with Crippen LogP contribution < -0.4 is 4.90 Å². The molecule has 184 valence electrons. The smallest absolute Gasteiger partial charge is 0.225 e. The molecule has 0 bridgehead atoms. The van der Waals surface area contributed by atoms with Gasteiger partial charge in [-0.3, -0.25) is 4.79 Å². The van der Waals surface area contributed by atoms with Crippen molar-refractivity contribution in [1.29, 1.82) is 0 Å². The zero-order valence-corrected chi connectivity index (χ0v) is 21.3. The summed E-state index contributed by atoms with van der Waals surface area (Å²) in [6.07, 6.45) is 7.46. The Hall–Kier alpha value is -2.86. The highest BCUT2D eigenvalue weighted by molar-refractivity contribution is 5.83. The van der Waals surface area contributed by atoms with E-state index >= 15 is 0 Å². The van der Waals surface area contributed by atoms with Crippen LogP contribution in [0.15, 0.2) is 42.7 Å². The van der Waals surface area contributed by atoms with Crippen molar-refractivity contribution in [1.82, 2.24) is 19.4 Å². The van der Waals surface area contributed by atoms with Crippen molar-refractivity contribution in [3.05, 3.63) is 53.9 Å². The van der Waals surface area contributed by atoms with Crippen LogP contribution in [0.1, 0.15) is 50.2 Å². The van der Waals surface area contributed by atoms with Crippen LogP contribution in [-0.2, 0) is 4.79 Å². The summed E-state index contributed by atoms with van der Waals surface area (Å²) < 4.78 is 2.01. The second kappa shape index (κ2) is 8.98. The average molecular weight is 472 g/mol. The molecule has 1 saturated carbocycles. The Bertz CT molecular complexity index is 1240. The van der Waals surface area contributed by atoms with E-state index in [9.17, 15) is 4.79 Å². The van der Waals surface area contributed by atoms with Gasteiger partial charge in [0.05, 0.1) is 11.2 Å². The number of nitrogens with zero attached hydrogens (tertiary/aromatic N) is 5. The molecule has 35 heavy (non-hydrogen) atoms. The number of amides is 1. The van der Waals surface area contributed by atoms with E-state index in [0.29, 0.717) is 23.8 Å². The van der Waals surface area contributed by atoms with E-state index in [1.807, 2.05) is 10.7 Å². The Morgan fingerprint density at radius 1 is 1.00 bits per heavy atom. The molecule has 4 heterocycles. The minimum atomic E-state index is 0.305. The van der Waals surface area contributed by atoms with Crippen LogP contribution in [0.2, 0.25) is 0 Å². The van der Waals surface area contributed by atoms with Gasteiger partial charge in [-0.25, -0.2) is 4.52 Å². The molecule has 0 radical (unpaired) electrons. The van der Waals surface area contributed by atoms with Crippen LogP contribution in [0.5, 0.6) is 0 Å². The van der Waals surface area contributed by atoms with Gasteiger partial charge < -0.3 is 14.7 Å². The molecule has 2 aromatic heterocycles. The summed E-state index contributed by atoms with van der Waals surface area (Å²) in [6.45, 7) is 12.6.